The number of hydrogen-bond acceptors (Lipinski definition) is 3. The second-order valence-electron chi connectivity index (χ2n) is 5.85. The summed E-state index contributed by atoms with van der Waals surface area (Å²) in [7, 11) is 0. The number of aromatic nitrogens is 2. The van der Waals surface area contributed by atoms with Crippen LogP contribution in [0, 0.1) is 0 Å². The van der Waals surface area contributed by atoms with Gasteiger partial charge in [0.2, 0.25) is 0 Å². The van der Waals surface area contributed by atoms with Crippen molar-refractivity contribution in [3.05, 3.63) is 29.0 Å². The molecule has 0 amide bonds. The maximum absolute atomic E-state index is 6.17. The van der Waals surface area contributed by atoms with Gasteiger partial charge in [0.15, 0.2) is 0 Å². The minimum atomic E-state index is 0.109. The maximum atomic E-state index is 6.17. The Bertz CT molecular complexity index is 643. The van der Waals surface area contributed by atoms with Gasteiger partial charge >= 0.3 is 0 Å². The zero-order chi connectivity index (χ0) is 14.2. The number of benzene rings is 1. The summed E-state index contributed by atoms with van der Waals surface area (Å²) in [6.07, 6.45) is 4.80. The summed E-state index contributed by atoms with van der Waals surface area (Å²) >= 11 is 6.17. The third-order valence-electron chi connectivity index (χ3n) is 4.37. The third-order valence-corrected chi connectivity index (χ3v) is 4.60. The molecule has 0 N–H and O–H groups in total. The second-order valence-corrected chi connectivity index (χ2v) is 6.29. The van der Waals surface area contributed by atoms with Crippen LogP contribution in [0.2, 0.25) is 5.02 Å². The monoisotopic (exact) mass is 306 g/mol. The standard InChI is InChI=1S/C16H19ClN2O2/c17-11-5-6-13-14(9-11)19(10-12-3-1-7-20-12)16(18-13)15-4-2-8-21-15/h5-6,9,12,15H,1-4,7-8,10H2. The van der Waals surface area contributed by atoms with Crippen molar-refractivity contribution in [2.75, 3.05) is 13.2 Å². The Kier molecular flexibility index (Phi) is 3.61. The molecule has 0 bridgehead atoms. The SMILES string of the molecule is Clc1ccc2nc(C3CCCO3)n(CC3CCCO3)c2c1. The van der Waals surface area contributed by atoms with Gasteiger partial charge in [0, 0.05) is 18.2 Å². The van der Waals surface area contributed by atoms with Crippen molar-refractivity contribution in [2.45, 2.75) is 44.4 Å². The van der Waals surface area contributed by atoms with E-state index in [2.05, 4.69) is 4.57 Å². The molecule has 2 fully saturated rings. The third kappa shape index (κ3) is 2.56. The van der Waals surface area contributed by atoms with E-state index in [0.717, 1.165) is 67.3 Å². The number of hydrogen-bond donors (Lipinski definition) is 0. The Balaban J connectivity index is 1.78. The molecule has 2 aliphatic heterocycles. The molecule has 2 aromatic rings. The zero-order valence-corrected chi connectivity index (χ0v) is 12.7. The predicted octanol–water partition coefficient (Wildman–Crippen LogP) is 3.72. The fourth-order valence-electron chi connectivity index (χ4n) is 3.33. The smallest absolute Gasteiger partial charge is 0.139 e. The fraction of sp³-hybridized carbons (Fsp3) is 0.562. The van der Waals surface area contributed by atoms with Crippen LogP contribution in [0.15, 0.2) is 18.2 Å². The highest BCUT2D eigenvalue weighted by atomic mass is 35.5. The number of ether oxygens (including phenoxy) is 2. The molecule has 1 aromatic carbocycles. The van der Waals surface area contributed by atoms with E-state index in [0.29, 0.717) is 0 Å². The van der Waals surface area contributed by atoms with Crippen molar-refractivity contribution in [1.29, 1.82) is 0 Å². The molecule has 2 unspecified atom stereocenters. The van der Waals surface area contributed by atoms with Crippen LogP contribution in [-0.2, 0) is 16.0 Å². The summed E-state index contributed by atoms with van der Waals surface area (Å²) < 4.78 is 13.9. The van der Waals surface area contributed by atoms with Gasteiger partial charge < -0.3 is 14.0 Å². The lowest BCUT2D eigenvalue weighted by Gasteiger charge is -2.17. The first-order valence-electron chi connectivity index (χ1n) is 7.70. The highest BCUT2D eigenvalue weighted by molar-refractivity contribution is 6.31. The van der Waals surface area contributed by atoms with Gasteiger partial charge in [-0.25, -0.2) is 4.98 Å². The Hall–Kier alpha value is -1.10. The highest BCUT2D eigenvalue weighted by Crippen LogP contribution is 2.32. The van der Waals surface area contributed by atoms with Crippen LogP contribution in [0.1, 0.15) is 37.6 Å². The highest BCUT2D eigenvalue weighted by Gasteiger charge is 2.26. The normalized spacial score (nSPS) is 26.0. The number of halogens is 1. The van der Waals surface area contributed by atoms with Gasteiger partial charge in [-0.3, -0.25) is 0 Å². The van der Waals surface area contributed by atoms with E-state index < -0.39 is 0 Å². The second kappa shape index (κ2) is 5.59. The van der Waals surface area contributed by atoms with E-state index in [1.165, 1.54) is 0 Å². The van der Waals surface area contributed by atoms with Crippen LogP contribution in [0.3, 0.4) is 0 Å². The molecule has 0 radical (unpaired) electrons. The van der Waals surface area contributed by atoms with Crippen LogP contribution in [0.25, 0.3) is 11.0 Å². The molecule has 4 nitrogen and oxygen atoms in total. The molecule has 2 aliphatic rings. The molecule has 2 atom stereocenters. The van der Waals surface area contributed by atoms with Crippen LogP contribution >= 0.6 is 11.6 Å². The first-order chi connectivity index (χ1) is 10.3. The molecule has 112 valence electrons. The number of rotatable bonds is 3. The van der Waals surface area contributed by atoms with Crippen LogP contribution < -0.4 is 0 Å². The minimum Gasteiger partial charge on any atom is -0.376 e. The number of nitrogens with zero attached hydrogens (tertiary/aromatic N) is 2. The minimum absolute atomic E-state index is 0.109. The lowest BCUT2D eigenvalue weighted by Crippen LogP contribution is -2.18. The lowest BCUT2D eigenvalue weighted by atomic mass is 10.2. The molecule has 3 heterocycles. The fourth-order valence-corrected chi connectivity index (χ4v) is 3.49. The summed E-state index contributed by atoms with van der Waals surface area (Å²) in [5.41, 5.74) is 2.08. The van der Waals surface area contributed by atoms with Crippen molar-refractivity contribution in [1.82, 2.24) is 9.55 Å². The van der Waals surface area contributed by atoms with Crippen molar-refractivity contribution >= 4 is 22.6 Å². The number of imidazole rings is 1. The first-order valence-corrected chi connectivity index (χ1v) is 8.08. The van der Waals surface area contributed by atoms with E-state index in [1.807, 2.05) is 18.2 Å². The quantitative estimate of drug-likeness (QED) is 0.867. The van der Waals surface area contributed by atoms with Gasteiger partial charge in [0.1, 0.15) is 11.9 Å². The van der Waals surface area contributed by atoms with Gasteiger partial charge in [0.05, 0.1) is 23.7 Å². The maximum Gasteiger partial charge on any atom is 0.139 e. The summed E-state index contributed by atoms with van der Waals surface area (Å²) in [5, 5.41) is 0.745. The molecule has 0 saturated carbocycles. The molecular formula is C16H19ClN2O2. The summed E-state index contributed by atoms with van der Waals surface area (Å²) in [6.45, 7) is 2.54. The molecule has 5 heteroatoms. The summed E-state index contributed by atoms with van der Waals surface area (Å²) in [4.78, 5) is 4.80. The largest absolute Gasteiger partial charge is 0.376 e. The molecule has 21 heavy (non-hydrogen) atoms. The van der Waals surface area contributed by atoms with Gasteiger partial charge in [-0.1, -0.05) is 11.6 Å². The van der Waals surface area contributed by atoms with Gasteiger partial charge in [-0.05, 0) is 43.9 Å². The van der Waals surface area contributed by atoms with Crippen LogP contribution in [-0.4, -0.2) is 28.9 Å². The Morgan fingerprint density at radius 2 is 2.05 bits per heavy atom. The average molecular weight is 307 g/mol. The first kappa shape index (κ1) is 13.6. The van der Waals surface area contributed by atoms with E-state index in [4.69, 9.17) is 26.1 Å². The lowest BCUT2D eigenvalue weighted by molar-refractivity contribution is 0.0837. The average Bonchev–Trinajstić information content (AvgIpc) is 3.20. The van der Waals surface area contributed by atoms with Crippen molar-refractivity contribution in [3.63, 3.8) is 0 Å². The van der Waals surface area contributed by atoms with E-state index in [1.54, 1.807) is 0 Å². The molecule has 0 spiro atoms. The Labute approximate surface area is 129 Å². The number of fused-ring (bicyclic) bond motifs is 1. The topological polar surface area (TPSA) is 36.3 Å². The Morgan fingerprint density at radius 1 is 1.19 bits per heavy atom. The van der Waals surface area contributed by atoms with Gasteiger partial charge in [-0.15, -0.1) is 0 Å². The van der Waals surface area contributed by atoms with E-state index in [9.17, 15) is 0 Å². The van der Waals surface area contributed by atoms with E-state index in [-0.39, 0.29) is 12.2 Å². The van der Waals surface area contributed by atoms with Crippen molar-refractivity contribution in [3.8, 4) is 0 Å². The van der Waals surface area contributed by atoms with Gasteiger partial charge in [0.25, 0.3) is 0 Å². The molecule has 4 rings (SSSR count). The van der Waals surface area contributed by atoms with E-state index >= 15 is 0 Å². The van der Waals surface area contributed by atoms with Crippen LogP contribution in [0.5, 0.6) is 0 Å². The van der Waals surface area contributed by atoms with Gasteiger partial charge in [-0.2, -0.15) is 0 Å². The molecule has 1 aromatic heterocycles. The Morgan fingerprint density at radius 3 is 2.81 bits per heavy atom. The van der Waals surface area contributed by atoms with Crippen LogP contribution in [0.4, 0.5) is 0 Å². The summed E-state index contributed by atoms with van der Waals surface area (Å²) in [6, 6.07) is 5.88. The van der Waals surface area contributed by atoms with Crippen molar-refractivity contribution in [2.24, 2.45) is 0 Å². The molecular weight excluding hydrogens is 288 g/mol. The molecule has 2 saturated heterocycles. The predicted molar refractivity (Wildman–Crippen MR) is 81.6 cm³/mol. The zero-order valence-electron chi connectivity index (χ0n) is 11.9. The summed E-state index contributed by atoms with van der Waals surface area (Å²) in [5.74, 6) is 1.03. The molecule has 0 aliphatic carbocycles. The van der Waals surface area contributed by atoms with Crippen molar-refractivity contribution < 1.29 is 9.47 Å².